The quantitative estimate of drug-likeness (QED) is 0.455. The summed E-state index contributed by atoms with van der Waals surface area (Å²) >= 11 is 0. The Kier molecular flexibility index (Phi) is 3.85. The standard InChI is InChI=1S/C12H15N5O6/c1-22-12(21)10-16-5-8(13)14-3-15-9(5)17(10)11-7(20)6(19)4(2-18)23-11/h3-4,6-7,11,18-20H,2H2,1H3,(H2,13,14,15)/t4-,6-,7-,11-/m1/s1. The van der Waals surface area contributed by atoms with Crippen LogP contribution in [0.5, 0.6) is 0 Å². The van der Waals surface area contributed by atoms with E-state index in [2.05, 4.69) is 19.7 Å². The number of fused-ring (bicyclic) bond motifs is 1. The maximum absolute atomic E-state index is 12.0. The second-order valence-corrected chi connectivity index (χ2v) is 4.96. The average Bonchev–Trinajstić information content (AvgIpc) is 3.07. The Morgan fingerprint density at radius 2 is 2.17 bits per heavy atom. The lowest BCUT2D eigenvalue weighted by Gasteiger charge is -2.18. The number of rotatable bonds is 3. The first-order valence-electron chi connectivity index (χ1n) is 6.68. The number of nitrogens with two attached hydrogens (primary N) is 1. The third-order valence-electron chi connectivity index (χ3n) is 3.64. The van der Waals surface area contributed by atoms with Crippen LogP contribution in [0.3, 0.4) is 0 Å². The van der Waals surface area contributed by atoms with Crippen molar-refractivity contribution in [2.75, 3.05) is 19.5 Å². The summed E-state index contributed by atoms with van der Waals surface area (Å²) in [5.41, 5.74) is 5.98. The number of hydrogen-bond acceptors (Lipinski definition) is 10. The Bertz CT molecular complexity index is 749. The molecular formula is C12H15N5O6. The molecular weight excluding hydrogens is 310 g/mol. The van der Waals surface area contributed by atoms with E-state index in [9.17, 15) is 20.1 Å². The van der Waals surface area contributed by atoms with Crippen LogP contribution in [-0.2, 0) is 9.47 Å². The summed E-state index contributed by atoms with van der Waals surface area (Å²) in [7, 11) is 1.17. The Morgan fingerprint density at radius 3 is 2.78 bits per heavy atom. The highest BCUT2D eigenvalue weighted by Gasteiger charge is 2.45. The zero-order valence-electron chi connectivity index (χ0n) is 12.0. The molecule has 0 amide bonds. The van der Waals surface area contributed by atoms with Gasteiger partial charge in [0.05, 0.1) is 13.7 Å². The number of aliphatic hydroxyl groups excluding tert-OH is 3. The third-order valence-corrected chi connectivity index (χ3v) is 3.64. The summed E-state index contributed by atoms with van der Waals surface area (Å²) < 4.78 is 11.3. The summed E-state index contributed by atoms with van der Waals surface area (Å²) in [6.45, 7) is -0.508. The number of anilines is 1. The minimum atomic E-state index is -1.41. The normalized spacial score (nSPS) is 27.5. The highest BCUT2D eigenvalue weighted by atomic mass is 16.6. The number of imidazole rings is 1. The Labute approximate surface area is 129 Å². The van der Waals surface area contributed by atoms with E-state index in [1.165, 1.54) is 11.7 Å². The van der Waals surface area contributed by atoms with Crippen LogP contribution in [-0.4, -0.2) is 72.8 Å². The summed E-state index contributed by atoms with van der Waals surface area (Å²) in [6, 6.07) is 0. The number of carbonyl (C=O) groups is 1. The number of esters is 1. The van der Waals surface area contributed by atoms with E-state index in [4.69, 9.17) is 10.5 Å². The van der Waals surface area contributed by atoms with Gasteiger partial charge in [-0.3, -0.25) is 4.57 Å². The van der Waals surface area contributed by atoms with Crippen LogP contribution in [0.25, 0.3) is 11.2 Å². The molecule has 0 unspecified atom stereocenters. The maximum Gasteiger partial charge on any atom is 0.374 e. The van der Waals surface area contributed by atoms with Gasteiger partial charge in [-0.25, -0.2) is 19.7 Å². The van der Waals surface area contributed by atoms with E-state index < -0.39 is 37.1 Å². The summed E-state index contributed by atoms with van der Waals surface area (Å²) in [5, 5.41) is 29.3. The van der Waals surface area contributed by atoms with Crippen molar-refractivity contribution in [3.63, 3.8) is 0 Å². The first-order valence-corrected chi connectivity index (χ1v) is 6.68. The van der Waals surface area contributed by atoms with Gasteiger partial charge in [-0.2, -0.15) is 0 Å². The molecule has 2 aromatic heterocycles. The fraction of sp³-hybridized carbons (Fsp3) is 0.500. The molecule has 2 aromatic rings. The van der Waals surface area contributed by atoms with Crippen molar-refractivity contribution in [3.8, 4) is 0 Å². The minimum Gasteiger partial charge on any atom is -0.463 e. The molecule has 0 spiro atoms. The van der Waals surface area contributed by atoms with Crippen LogP contribution in [0.2, 0.25) is 0 Å². The van der Waals surface area contributed by atoms with Gasteiger partial charge in [-0.1, -0.05) is 0 Å². The van der Waals surface area contributed by atoms with Crippen molar-refractivity contribution in [2.24, 2.45) is 0 Å². The Balaban J connectivity index is 2.19. The smallest absolute Gasteiger partial charge is 0.374 e. The molecule has 3 rings (SSSR count). The van der Waals surface area contributed by atoms with E-state index in [-0.39, 0.29) is 22.8 Å². The van der Waals surface area contributed by atoms with Crippen molar-refractivity contribution >= 4 is 23.0 Å². The van der Waals surface area contributed by atoms with E-state index in [1.54, 1.807) is 0 Å². The second-order valence-electron chi connectivity index (χ2n) is 4.96. The molecule has 0 aromatic carbocycles. The van der Waals surface area contributed by atoms with E-state index in [1.807, 2.05) is 0 Å². The van der Waals surface area contributed by atoms with E-state index >= 15 is 0 Å². The molecule has 0 aliphatic carbocycles. The molecule has 1 fully saturated rings. The van der Waals surface area contributed by atoms with Gasteiger partial charge in [0, 0.05) is 0 Å². The van der Waals surface area contributed by atoms with Gasteiger partial charge < -0.3 is 30.5 Å². The van der Waals surface area contributed by atoms with Gasteiger partial charge in [0.2, 0.25) is 5.82 Å². The lowest BCUT2D eigenvalue weighted by atomic mass is 10.1. The number of aliphatic hydroxyl groups is 3. The van der Waals surface area contributed by atoms with Crippen LogP contribution in [0.15, 0.2) is 6.33 Å². The fourth-order valence-corrected chi connectivity index (χ4v) is 2.50. The van der Waals surface area contributed by atoms with Gasteiger partial charge in [-0.05, 0) is 0 Å². The lowest BCUT2D eigenvalue weighted by Crippen LogP contribution is -2.33. The van der Waals surface area contributed by atoms with Crippen molar-refractivity contribution in [3.05, 3.63) is 12.2 Å². The Hall–Kier alpha value is -2.34. The van der Waals surface area contributed by atoms with Crippen molar-refractivity contribution < 1.29 is 29.6 Å². The zero-order valence-corrected chi connectivity index (χ0v) is 12.0. The topological polar surface area (TPSA) is 166 Å². The monoisotopic (exact) mass is 325 g/mol. The number of hydrogen-bond donors (Lipinski definition) is 4. The summed E-state index contributed by atoms with van der Waals surface area (Å²) in [4.78, 5) is 23.8. The fourth-order valence-electron chi connectivity index (χ4n) is 2.50. The van der Waals surface area contributed by atoms with Crippen molar-refractivity contribution in [1.82, 2.24) is 19.5 Å². The van der Waals surface area contributed by atoms with Crippen molar-refractivity contribution in [1.29, 1.82) is 0 Å². The number of aromatic nitrogens is 4. The third kappa shape index (κ3) is 2.30. The summed E-state index contributed by atoms with van der Waals surface area (Å²) in [5.74, 6) is -0.990. The predicted molar refractivity (Wildman–Crippen MR) is 74.1 cm³/mol. The molecule has 0 saturated carbocycles. The van der Waals surface area contributed by atoms with Crippen LogP contribution in [0.4, 0.5) is 5.82 Å². The SMILES string of the molecule is COC(=O)c1nc2c(N)ncnc2n1[C@@H]1O[C@H](CO)[C@@H](O)[C@H]1O. The molecule has 124 valence electrons. The number of nitrogens with zero attached hydrogens (tertiary/aromatic N) is 4. The number of methoxy groups -OCH3 is 1. The minimum absolute atomic E-state index is 0.0330. The predicted octanol–water partition coefficient (Wildman–Crippen LogP) is -2.19. The lowest BCUT2D eigenvalue weighted by molar-refractivity contribution is -0.0524. The molecule has 3 heterocycles. The molecule has 23 heavy (non-hydrogen) atoms. The molecule has 0 bridgehead atoms. The van der Waals surface area contributed by atoms with Crippen LogP contribution in [0.1, 0.15) is 16.8 Å². The second kappa shape index (κ2) is 5.70. The van der Waals surface area contributed by atoms with E-state index in [0.29, 0.717) is 0 Å². The molecule has 11 heteroatoms. The Morgan fingerprint density at radius 1 is 1.43 bits per heavy atom. The average molecular weight is 325 g/mol. The molecule has 1 aliphatic rings. The largest absolute Gasteiger partial charge is 0.463 e. The maximum atomic E-state index is 12.0. The molecule has 11 nitrogen and oxygen atoms in total. The molecule has 0 radical (unpaired) electrons. The summed E-state index contributed by atoms with van der Waals surface area (Å²) in [6.07, 6.45) is -3.80. The van der Waals surface area contributed by atoms with E-state index in [0.717, 1.165) is 6.33 Å². The zero-order chi connectivity index (χ0) is 16.7. The number of carbonyl (C=O) groups excluding carboxylic acids is 1. The van der Waals surface area contributed by atoms with Gasteiger partial charge in [0.1, 0.15) is 24.6 Å². The number of nitrogen functional groups attached to an aromatic ring is 1. The van der Waals surface area contributed by atoms with Gasteiger partial charge >= 0.3 is 5.97 Å². The highest BCUT2D eigenvalue weighted by Crippen LogP contribution is 2.33. The van der Waals surface area contributed by atoms with Gasteiger partial charge in [-0.15, -0.1) is 0 Å². The van der Waals surface area contributed by atoms with Crippen molar-refractivity contribution in [2.45, 2.75) is 24.5 Å². The van der Waals surface area contributed by atoms with Crippen LogP contribution >= 0.6 is 0 Å². The molecule has 4 atom stereocenters. The molecule has 1 aliphatic heterocycles. The van der Waals surface area contributed by atoms with Crippen LogP contribution < -0.4 is 5.73 Å². The molecule has 1 saturated heterocycles. The highest BCUT2D eigenvalue weighted by molar-refractivity contribution is 5.92. The number of ether oxygens (including phenoxy) is 2. The van der Waals surface area contributed by atoms with Crippen LogP contribution in [0, 0.1) is 0 Å². The van der Waals surface area contributed by atoms with Gasteiger partial charge in [0.25, 0.3) is 0 Å². The first-order chi connectivity index (χ1) is 11.0. The molecule has 5 N–H and O–H groups in total. The first kappa shape index (κ1) is 15.6. The van der Waals surface area contributed by atoms with Gasteiger partial charge in [0.15, 0.2) is 23.2 Å².